The predicted octanol–water partition coefficient (Wildman–Crippen LogP) is 2.77. The summed E-state index contributed by atoms with van der Waals surface area (Å²) in [6.07, 6.45) is 0. The molecule has 0 aliphatic carbocycles. The maximum absolute atomic E-state index is 8.64. The summed E-state index contributed by atoms with van der Waals surface area (Å²) in [7, 11) is 1.95. The van der Waals surface area contributed by atoms with E-state index in [1.54, 1.807) is 0 Å². The number of rotatable bonds is 3. The molecule has 1 rings (SSSR count). The Bertz CT molecular complexity index is 336. The van der Waals surface area contributed by atoms with Gasteiger partial charge in [-0.3, -0.25) is 0 Å². The van der Waals surface area contributed by atoms with Crippen molar-refractivity contribution in [2.45, 2.75) is 19.8 Å². The molecule has 0 aliphatic rings. The normalized spacial score (nSPS) is 9.93. The first-order chi connectivity index (χ1) is 6.66. The minimum Gasteiger partial charge on any atom is -0.361 e. The van der Waals surface area contributed by atoms with Crippen LogP contribution in [0.3, 0.4) is 0 Å². The number of benzene rings is 1. The van der Waals surface area contributed by atoms with Gasteiger partial charge in [0.1, 0.15) is 6.54 Å². The van der Waals surface area contributed by atoms with E-state index in [1.807, 2.05) is 24.1 Å². The van der Waals surface area contributed by atoms with Crippen LogP contribution in [-0.4, -0.2) is 13.6 Å². The fourth-order valence-corrected chi connectivity index (χ4v) is 1.51. The number of hydrogen-bond donors (Lipinski definition) is 0. The van der Waals surface area contributed by atoms with Crippen molar-refractivity contribution in [1.29, 1.82) is 5.26 Å². The van der Waals surface area contributed by atoms with Crippen LogP contribution in [0.5, 0.6) is 0 Å². The first-order valence-electron chi connectivity index (χ1n) is 4.83. The van der Waals surface area contributed by atoms with Crippen molar-refractivity contribution in [2.75, 3.05) is 18.5 Å². The fourth-order valence-electron chi connectivity index (χ4n) is 1.51. The Morgan fingerprint density at radius 1 is 1.36 bits per heavy atom. The summed E-state index contributed by atoms with van der Waals surface area (Å²) in [5, 5.41) is 8.64. The molecule has 0 N–H and O–H groups in total. The van der Waals surface area contributed by atoms with E-state index in [-0.39, 0.29) is 0 Å². The molecule has 0 unspecified atom stereocenters. The lowest BCUT2D eigenvalue weighted by Crippen LogP contribution is -2.18. The van der Waals surface area contributed by atoms with Crippen LogP contribution < -0.4 is 4.90 Å². The van der Waals surface area contributed by atoms with Gasteiger partial charge >= 0.3 is 0 Å². The molecule has 0 saturated heterocycles. The second-order valence-electron chi connectivity index (χ2n) is 3.73. The number of para-hydroxylation sites is 1. The van der Waals surface area contributed by atoms with Crippen molar-refractivity contribution in [3.8, 4) is 6.07 Å². The quantitative estimate of drug-likeness (QED) is 0.682. The molecule has 0 saturated carbocycles. The summed E-state index contributed by atoms with van der Waals surface area (Å²) in [5.74, 6) is 0.493. The van der Waals surface area contributed by atoms with Crippen molar-refractivity contribution in [3.63, 3.8) is 0 Å². The van der Waals surface area contributed by atoms with E-state index in [1.165, 1.54) is 5.56 Å². The lowest BCUT2D eigenvalue weighted by Gasteiger charge is -2.21. The average molecular weight is 188 g/mol. The van der Waals surface area contributed by atoms with Crippen LogP contribution in [0.25, 0.3) is 0 Å². The van der Waals surface area contributed by atoms with Crippen LogP contribution in [-0.2, 0) is 0 Å². The molecule has 0 spiro atoms. The standard InChI is InChI=1S/C12H16N2/c1-10(2)11-6-4-5-7-12(11)14(3)9-8-13/h4-7,10H,9H2,1-3H3. The van der Waals surface area contributed by atoms with E-state index >= 15 is 0 Å². The van der Waals surface area contributed by atoms with Crippen LogP contribution in [0.15, 0.2) is 24.3 Å². The van der Waals surface area contributed by atoms with Gasteiger partial charge < -0.3 is 4.90 Å². The third kappa shape index (κ3) is 2.26. The van der Waals surface area contributed by atoms with Crippen molar-refractivity contribution in [2.24, 2.45) is 0 Å². The molecule has 0 fully saturated rings. The molecule has 1 aromatic rings. The van der Waals surface area contributed by atoms with Crippen molar-refractivity contribution < 1.29 is 0 Å². The second-order valence-corrected chi connectivity index (χ2v) is 3.73. The molecule has 0 heterocycles. The monoisotopic (exact) mass is 188 g/mol. The third-order valence-corrected chi connectivity index (χ3v) is 2.28. The Morgan fingerprint density at radius 2 is 2.00 bits per heavy atom. The molecule has 0 bridgehead atoms. The van der Waals surface area contributed by atoms with Crippen LogP contribution >= 0.6 is 0 Å². The maximum Gasteiger partial charge on any atom is 0.105 e. The zero-order valence-corrected chi connectivity index (χ0v) is 8.99. The van der Waals surface area contributed by atoms with Gasteiger partial charge in [-0.1, -0.05) is 32.0 Å². The van der Waals surface area contributed by atoms with Gasteiger partial charge in [0.15, 0.2) is 0 Å². The van der Waals surface area contributed by atoms with Gasteiger partial charge in [0.2, 0.25) is 0 Å². The first kappa shape index (κ1) is 10.6. The van der Waals surface area contributed by atoms with Gasteiger partial charge in [0.05, 0.1) is 6.07 Å². The number of nitrogens with zero attached hydrogens (tertiary/aromatic N) is 2. The van der Waals surface area contributed by atoms with E-state index in [0.717, 1.165) is 5.69 Å². The largest absolute Gasteiger partial charge is 0.361 e. The minimum absolute atomic E-state index is 0.434. The highest BCUT2D eigenvalue weighted by Crippen LogP contribution is 2.25. The summed E-state index contributed by atoms with van der Waals surface area (Å²) in [5.41, 5.74) is 2.45. The van der Waals surface area contributed by atoms with Crippen LogP contribution in [0.1, 0.15) is 25.3 Å². The Morgan fingerprint density at radius 3 is 2.57 bits per heavy atom. The van der Waals surface area contributed by atoms with Crippen molar-refractivity contribution >= 4 is 5.69 Å². The fraction of sp³-hybridized carbons (Fsp3) is 0.417. The average Bonchev–Trinajstić information content (AvgIpc) is 2.18. The van der Waals surface area contributed by atoms with Crippen LogP contribution in [0.2, 0.25) is 0 Å². The molecular formula is C12H16N2. The summed E-state index contributed by atoms with van der Waals surface area (Å²) in [4.78, 5) is 1.98. The molecule has 0 aliphatic heterocycles. The Hall–Kier alpha value is -1.49. The highest BCUT2D eigenvalue weighted by molar-refractivity contribution is 5.54. The zero-order valence-electron chi connectivity index (χ0n) is 8.99. The summed E-state index contributed by atoms with van der Waals surface area (Å²) >= 11 is 0. The SMILES string of the molecule is CC(C)c1ccccc1N(C)CC#N. The van der Waals surface area contributed by atoms with E-state index in [2.05, 4.69) is 32.0 Å². The molecular weight excluding hydrogens is 172 g/mol. The van der Waals surface area contributed by atoms with Gasteiger partial charge in [-0.25, -0.2) is 0 Å². The van der Waals surface area contributed by atoms with Gasteiger partial charge in [0.25, 0.3) is 0 Å². The lowest BCUT2D eigenvalue weighted by molar-refractivity contribution is 0.853. The molecule has 0 amide bonds. The molecule has 0 atom stereocenters. The first-order valence-corrected chi connectivity index (χ1v) is 4.83. The molecule has 0 aromatic heterocycles. The van der Waals surface area contributed by atoms with E-state index in [0.29, 0.717) is 12.5 Å². The van der Waals surface area contributed by atoms with Gasteiger partial charge in [-0.05, 0) is 17.5 Å². The van der Waals surface area contributed by atoms with E-state index < -0.39 is 0 Å². The summed E-state index contributed by atoms with van der Waals surface area (Å²) in [6, 6.07) is 10.4. The second kappa shape index (κ2) is 4.66. The zero-order chi connectivity index (χ0) is 10.6. The Kier molecular flexibility index (Phi) is 3.53. The van der Waals surface area contributed by atoms with Gasteiger partial charge in [0, 0.05) is 12.7 Å². The molecule has 2 heteroatoms. The minimum atomic E-state index is 0.434. The van der Waals surface area contributed by atoms with Gasteiger partial charge in [-0.15, -0.1) is 0 Å². The van der Waals surface area contributed by atoms with Crippen molar-refractivity contribution in [1.82, 2.24) is 0 Å². The summed E-state index contributed by atoms with van der Waals surface area (Å²) < 4.78 is 0. The van der Waals surface area contributed by atoms with E-state index in [4.69, 9.17) is 5.26 Å². The number of hydrogen-bond acceptors (Lipinski definition) is 2. The van der Waals surface area contributed by atoms with Crippen LogP contribution in [0.4, 0.5) is 5.69 Å². The lowest BCUT2D eigenvalue weighted by atomic mass is 10.0. The van der Waals surface area contributed by atoms with E-state index in [9.17, 15) is 0 Å². The predicted molar refractivity (Wildman–Crippen MR) is 59.4 cm³/mol. The molecule has 0 radical (unpaired) electrons. The third-order valence-electron chi connectivity index (χ3n) is 2.28. The summed E-state index contributed by atoms with van der Waals surface area (Å²) in [6.45, 7) is 4.77. The number of anilines is 1. The molecule has 14 heavy (non-hydrogen) atoms. The highest BCUT2D eigenvalue weighted by Gasteiger charge is 2.08. The van der Waals surface area contributed by atoms with Crippen LogP contribution in [0, 0.1) is 11.3 Å². The molecule has 74 valence electrons. The number of nitriles is 1. The van der Waals surface area contributed by atoms with Crippen molar-refractivity contribution in [3.05, 3.63) is 29.8 Å². The Balaban J connectivity index is 3.01. The highest BCUT2D eigenvalue weighted by atomic mass is 15.1. The molecule has 1 aromatic carbocycles. The Labute approximate surface area is 85.8 Å². The topological polar surface area (TPSA) is 27.0 Å². The smallest absolute Gasteiger partial charge is 0.105 e. The van der Waals surface area contributed by atoms with Gasteiger partial charge in [-0.2, -0.15) is 5.26 Å². The molecule has 2 nitrogen and oxygen atoms in total. The maximum atomic E-state index is 8.64.